The van der Waals surface area contributed by atoms with Crippen molar-refractivity contribution in [3.8, 4) is 0 Å². The summed E-state index contributed by atoms with van der Waals surface area (Å²) in [5.74, 6) is 1.29. The minimum atomic E-state index is 0.00127. The highest BCUT2D eigenvalue weighted by Crippen LogP contribution is 2.32. The number of benzene rings is 2. The topological polar surface area (TPSA) is 86.2 Å². The Kier molecular flexibility index (Phi) is 7.73. The standard InChI is InChI=1S/C28H36N6O3/c1-20-4-5-22(18-35)14-26(20)32(3)27-6-7-29-28(31-27)30-23-15-24(33-8-11-36-12-9-33)17-25(16-23)34-10-13-37-19-21(34)2/h4-7,14-17,21,35H,8-13,18-19H2,1-3H3,(H,29,30,31)/t21-/m1/s1. The third-order valence-corrected chi connectivity index (χ3v) is 7.04. The SMILES string of the molecule is Cc1ccc(CO)cc1N(C)c1ccnc(Nc2cc(N3CCOCC3)cc(N3CCOC[C@H]3C)c2)n1. The quantitative estimate of drug-likeness (QED) is 0.498. The summed E-state index contributed by atoms with van der Waals surface area (Å²) in [6.45, 7) is 9.75. The van der Waals surface area contributed by atoms with E-state index >= 15 is 0 Å². The summed E-state index contributed by atoms with van der Waals surface area (Å²) in [5.41, 5.74) is 6.23. The molecule has 0 radical (unpaired) electrons. The van der Waals surface area contributed by atoms with Gasteiger partial charge in [-0.15, -0.1) is 0 Å². The van der Waals surface area contributed by atoms with E-state index in [2.05, 4.69) is 52.1 Å². The second-order valence-corrected chi connectivity index (χ2v) is 9.66. The number of hydrogen-bond acceptors (Lipinski definition) is 9. The Morgan fingerprint density at radius 2 is 1.81 bits per heavy atom. The van der Waals surface area contributed by atoms with Gasteiger partial charge in [-0.05, 0) is 55.3 Å². The Morgan fingerprint density at radius 1 is 1.03 bits per heavy atom. The predicted octanol–water partition coefficient (Wildman–Crippen LogP) is 3.85. The molecule has 2 aliphatic rings. The van der Waals surface area contributed by atoms with Crippen LogP contribution in [0.2, 0.25) is 0 Å². The molecule has 9 nitrogen and oxygen atoms in total. The lowest BCUT2D eigenvalue weighted by atomic mass is 10.1. The highest BCUT2D eigenvalue weighted by molar-refractivity contribution is 5.72. The molecular formula is C28H36N6O3. The van der Waals surface area contributed by atoms with Crippen molar-refractivity contribution >= 4 is 34.5 Å². The molecule has 3 heterocycles. The van der Waals surface area contributed by atoms with Crippen LogP contribution in [0, 0.1) is 6.92 Å². The van der Waals surface area contributed by atoms with Gasteiger partial charge in [-0.3, -0.25) is 0 Å². The van der Waals surface area contributed by atoms with E-state index in [4.69, 9.17) is 14.5 Å². The van der Waals surface area contributed by atoms with Gasteiger partial charge in [0.05, 0.1) is 33.0 Å². The molecule has 2 fully saturated rings. The lowest BCUT2D eigenvalue weighted by Crippen LogP contribution is -2.44. The predicted molar refractivity (Wildman–Crippen MR) is 148 cm³/mol. The minimum Gasteiger partial charge on any atom is -0.392 e. The summed E-state index contributed by atoms with van der Waals surface area (Å²) < 4.78 is 11.3. The maximum Gasteiger partial charge on any atom is 0.229 e. The number of rotatable bonds is 7. The summed E-state index contributed by atoms with van der Waals surface area (Å²) >= 11 is 0. The fourth-order valence-electron chi connectivity index (χ4n) is 4.91. The first kappa shape index (κ1) is 25.3. The van der Waals surface area contributed by atoms with E-state index in [0.717, 1.165) is 85.8 Å². The highest BCUT2D eigenvalue weighted by atomic mass is 16.5. The van der Waals surface area contributed by atoms with Crippen molar-refractivity contribution < 1.29 is 14.6 Å². The molecule has 0 bridgehead atoms. The van der Waals surface area contributed by atoms with Crippen LogP contribution in [-0.4, -0.2) is 74.2 Å². The zero-order chi connectivity index (χ0) is 25.8. The molecule has 196 valence electrons. The number of aromatic nitrogens is 2. The lowest BCUT2D eigenvalue weighted by Gasteiger charge is -2.37. The third kappa shape index (κ3) is 5.79. The number of hydrogen-bond donors (Lipinski definition) is 2. The third-order valence-electron chi connectivity index (χ3n) is 7.04. The van der Waals surface area contributed by atoms with E-state index in [9.17, 15) is 5.11 Å². The summed E-state index contributed by atoms with van der Waals surface area (Å²) in [7, 11) is 1.98. The monoisotopic (exact) mass is 504 g/mol. The van der Waals surface area contributed by atoms with Gasteiger partial charge in [-0.1, -0.05) is 12.1 Å². The van der Waals surface area contributed by atoms with Crippen molar-refractivity contribution in [3.63, 3.8) is 0 Å². The summed E-state index contributed by atoms with van der Waals surface area (Å²) in [6, 6.07) is 14.7. The van der Waals surface area contributed by atoms with Crippen molar-refractivity contribution in [2.45, 2.75) is 26.5 Å². The first-order chi connectivity index (χ1) is 18.0. The Hall–Kier alpha value is -3.40. The van der Waals surface area contributed by atoms with Gasteiger partial charge in [0.25, 0.3) is 0 Å². The lowest BCUT2D eigenvalue weighted by molar-refractivity contribution is 0.0989. The first-order valence-electron chi connectivity index (χ1n) is 12.9. The van der Waals surface area contributed by atoms with Gasteiger partial charge in [0.15, 0.2) is 0 Å². The van der Waals surface area contributed by atoms with Crippen LogP contribution in [0.25, 0.3) is 0 Å². The van der Waals surface area contributed by atoms with Gasteiger partial charge >= 0.3 is 0 Å². The number of ether oxygens (including phenoxy) is 2. The van der Waals surface area contributed by atoms with E-state index in [0.29, 0.717) is 12.0 Å². The van der Waals surface area contributed by atoms with E-state index < -0.39 is 0 Å². The Morgan fingerprint density at radius 3 is 2.59 bits per heavy atom. The molecule has 5 rings (SSSR count). The van der Waals surface area contributed by atoms with Gasteiger partial charge in [0.2, 0.25) is 5.95 Å². The number of aliphatic hydroxyl groups excluding tert-OH is 1. The average molecular weight is 505 g/mol. The molecule has 2 saturated heterocycles. The summed E-state index contributed by atoms with van der Waals surface area (Å²) in [4.78, 5) is 16.1. The number of morpholine rings is 2. The van der Waals surface area contributed by atoms with Gasteiger partial charge in [-0.25, -0.2) is 4.98 Å². The molecule has 2 aromatic carbocycles. The zero-order valence-corrected chi connectivity index (χ0v) is 21.9. The molecule has 0 amide bonds. The molecule has 0 saturated carbocycles. The van der Waals surface area contributed by atoms with Crippen LogP contribution in [0.5, 0.6) is 0 Å². The van der Waals surface area contributed by atoms with E-state index in [1.165, 1.54) is 0 Å². The smallest absolute Gasteiger partial charge is 0.229 e. The molecule has 2 aliphatic heterocycles. The molecule has 0 spiro atoms. The fourth-order valence-corrected chi connectivity index (χ4v) is 4.91. The average Bonchev–Trinajstić information content (AvgIpc) is 2.93. The van der Waals surface area contributed by atoms with E-state index in [-0.39, 0.29) is 6.61 Å². The van der Waals surface area contributed by atoms with Crippen molar-refractivity contribution in [1.29, 1.82) is 0 Å². The van der Waals surface area contributed by atoms with Gasteiger partial charge in [0.1, 0.15) is 5.82 Å². The molecule has 9 heteroatoms. The zero-order valence-electron chi connectivity index (χ0n) is 21.9. The van der Waals surface area contributed by atoms with E-state index in [1.807, 2.05) is 36.2 Å². The van der Waals surface area contributed by atoms with Crippen LogP contribution < -0.4 is 20.0 Å². The van der Waals surface area contributed by atoms with Crippen molar-refractivity contribution in [1.82, 2.24) is 9.97 Å². The number of aliphatic hydroxyl groups is 1. The van der Waals surface area contributed by atoms with Crippen molar-refractivity contribution in [2.75, 3.05) is 73.1 Å². The normalized spacial score (nSPS) is 18.1. The number of anilines is 6. The molecule has 1 aromatic heterocycles. The van der Waals surface area contributed by atoms with Gasteiger partial charge < -0.3 is 34.6 Å². The molecule has 0 aliphatic carbocycles. The van der Waals surface area contributed by atoms with Crippen molar-refractivity contribution in [3.05, 3.63) is 59.8 Å². The van der Waals surface area contributed by atoms with Crippen LogP contribution in [0.1, 0.15) is 18.1 Å². The molecule has 2 N–H and O–H groups in total. The fraction of sp³-hybridized carbons (Fsp3) is 0.429. The van der Waals surface area contributed by atoms with Gasteiger partial charge in [0, 0.05) is 61.7 Å². The molecule has 3 aromatic rings. The van der Waals surface area contributed by atoms with Gasteiger partial charge in [-0.2, -0.15) is 4.98 Å². The number of nitrogens with zero attached hydrogens (tertiary/aromatic N) is 5. The maximum atomic E-state index is 9.59. The Bertz CT molecular complexity index is 1220. The van der Waals surface area contributed by atoms with Crippen molar-refractivity contribution in [2.24, 2.45) is 0 Å². The summed E-state index contributed by atoms with van der Waals surface area (Å²) in [5, 5.41) is 13.0. The second kappa shape index (κ2) is 11.3. The Labute approximate surface area is 218 Å². The van der Waals surface area contributed by atoms with Crippen LogP contribution in [0.3, 0.4) is 0 Å². The number of aryl methyl sites for hydroxylation is 1. The second-order valence-electron chi connectivity index (χ2n) is 9.66. The number of nitrogens with one attached hydrogen (secondary N) is 1. The molecule has 37 heavy (non-hydrogen) atoms. The van der Waals surface area contributed by atoms with E-state index in [1.54, 1.807) is 6.20 Å². The summed E-state index contributed by atoms with van der Waals surface area (Å²) in [6.07, 6.45) is 1.77. The maximum absolute atomic E-state index is 9.59. The van der Waals surface area contributed by atoms with Crippen LogP contribution >= 0.6 is 0 Å². The molecular weight excluding hydrogens is 468 g/mol. The van der Waals surface area contributed by atoms with Crippen LogP contribution in [0.15, 0.2) is 48.7 Å². The highest BCUT2D eigenvalue weighted by Gasteiger charge is 2.22. The largest absolute Gasteiger partial charge is 0.392 e. The molecule has 0 unspecified atom stereocenters. The minimum absolute atomic E-state index is 0.00127. The Balaban J connectivity index is 1.44. The first-order valence-corrected chi connectivity index (χ1v) is 12.9. The van der Waals surface area contributed by atoms with Crippen LogP contribution in [0.4, 0.5) is 34.5 Å². The molecule has 1 atom stereocenters. The van der Waals surface area contributed by atoms with Crippen LogP contribution in [-0.2, 0) is 16.1 Å².